The summed E-state index contributed by atoms with van der Waals surface area (Å²) in [6.45, 7) is 5.17. The molecule has 1 saturated carbocycles. The van der Waals surface area contributed by atoms with Gasteiger partial charge < -0.3 is 9.47 Å². The molecular weight excluding hydrogens is 240 g/mol. The van der Waals surface area contributed by atoms with Crippen LogP contribution in [0.3, 0.4) is 0 Å². The van der Waals surface area contributed by atoms with Gasteiger partial charge in [-0.3, -0.25) is 0 Å². The molecule has 3 rings (SSSR count). The standard InChI is InChI=1S/C15H18N2O2/c1-3-18-13-7-11-9-16-15(10-5-6-10)17-12(11)8-14(13)19-4-2/h7-10H,3-6H2,1-2H3. The molecule has 2 aromatic rings. The summed E-state index contributed by atoms with van der Waals surface area (Å²) in [5.74, 6) is 3.04. The normalized spacial score (nSPS) is 14.6. The van der Waals surface area contributed by atoms with Crippen molar-refractivity contribution < 1.29 is 9.47 Å². The van der Waals surface area contributed by atoms with Gasteiger partial charge in [-0.15, -0.1) is 0 Å². The van der Waals surface area contributed by atoms with E-state index in [1.54, 1.807) is 0 Å². The Kier molecular flexibility index (Phi) is 3.23. The van der Waals surface area contributed by atoms with Gasteiger partial charge in [-0.1, -0.05) is 0 Å². The highest BCUT2D eigenvalue weighted by Crippen LogP contribution is 2.39. The molecular formula is C15H18N2O2. The number of ether oxygens (including phenoxy) is 2. The predicted molar refractivity (Wildman–Crippen MR) is 73.9 cm³/mol. The Balaban J connectivity index is 2.06. The number of benzene rings is 1. The van der Waals surface area contributed by atoms with Crippen LogP contribution in [-0.2, 0) is 0 Å². The fraction of sp³-hybridized carbons (Fsp3) is 0.467. The molecule has 1 aliphatic rings. The second kappa shape index (κ2) is 5.03. The largest absolute Gasteiger partial charge is 0.490 e. The molecule has 0 aliphatic heterocycles. The Bertz CT molecular complexity index is 594. The van der Waals surface area contributed by atoms with E-state index in [4.69, 9.17) is 9.47 Å². The van der Waals surface area contributed by atoms with E-state index >= 15 is 0 Å². The molecule has 1 fully saturated rings. The molecule has 19 heavy (non-hydrogen) atoms. The molecule has 0 N–H and O–H groups in total. The molecule has 4 heteroatoms. The van der Waals surface area contributed by atoms with Gasteiger partial charge in [-0.25, -0.2) is 9.97 Å². The Morgan fingerprint density at radius 2 is 1.79 bits per heavy atom. The Hall–Kier alpha value is -1.84. The lowest BCUT2D eigenvalue weighted by atomic mass is 10.2. The Morgan fingerprint density at radius 1 is 1.11 bits per heavy atom. The first-order valence-corrected chi connectivity index (χ1v) is 6.88. The molecule has 0 bridgehead atoms. The zero-order valence-corrected chi connectivity index (χ0v) is 11.3. The van der Waals surface area contributed by atoms with Gasteiger partial charge >= 0.3 is 0 Å². The second-order valence-corrected chi connectivity index (χ2v) is 4.73. The van der Waals surface area contributed by atoms with Gasteiger partial charge in [0.1, 0.15) is 5.82 Å². The molecule has 100 valence electrons. The van der Waals surface area contributed by atoms with Gasteiger partial charge in [0.2, 0.25) is 0 Å². The molecule has 1 aliphatic carbocycles. The van der Waals surface area contributed by atoms with Crippen LogP contribution in [-0.4, -0.2) is 23.2 Å². The van der Waals surface area contributed by atoms with Crippen molar-refractivity contribution in [3.8, 4) is 11.5 Å². The van der Waals surface area contributed by atoms with Gasteiger partial charge in [0.15, 0.2) is 11.5 Å². The summed E-state index contributed by atoms with van der Waals surface area (Å²) in [4.78, 5) is 9.07. The van der Waals surface area contributed by atoms with Crippen LogP contribution in [0.4, 0.5) is 0 Å². The van der Waals surface area contributed by atoms with E-state index in [9.17, 15) is 0 Å². The monoisotopic (exact) mass is 258 g/mol. The van der Waals surface area contributed by atoms with E-state index in [0.717, 1.165) is 28.2 Å². The average Bonchev–Trinajstić information content (AvgIpc) is 3.24. The summed E-state index contributed by atoms with van der Waals surface area (Å²) in [6, 6.07) is 3.91. The molecule has 1 aromatic heterocycles. The van der Waals surface area contributed by atoms with Crippen LogP contribution in [0.25, 0.3) is 10.9 Å². The third-order valence-corrected chi connectivity index (χ3v) is 3.21. The lowest BCUT2D eigenvalue weighted by Gasteiger charge is -2.12. The zero-order chi connectivity index (χ0) is 13.2. The first-order chi connectivity index (χ1) is 9.31. The third-order valence-electron chi connectivity index (χ3n) is 3.21. The van der Waals surface area contributed by atoms with Gasteiger partial charge in [-0.2, -0.15) is 0 Å². The third kappa shape index (κ3) is 2.48. The van der Waals surface area contributed by atoms with E-state index < -0.39 is 0 Å². The Labute approximate surface area is 112 Å². The molecule has 0 unspecified atom stereocenters. The van der Waals surface area contributed by atoms with E-state index in [-0.39, 0.29) is 0 Å². The summed E-state index contributed by atoms with van der Waals surface area (Å²) in [5.41, 5.74) is 0.934. The SMILES string of the molecule is CCOc1cc2cnc(C3CC3)nc2cc1OCC. The van der Waals surface area contributed by atoms with Crippen molar-refractivity contribution in [2.75, 3.05) is 13.2 Å². The lowest BCUT2D eigenvalue weighted by molar-refractivity contribution is 0.288. The van der Waals surface area contributed by atoms with E-state index in [2.05, 4.69) is 9.97 Å². The van der Waals surface area contributed by atoms with Gasteiger partial charge in [0.25, 0.3) is 0 Å². The molecule has 0 saturated heterocycles. The first-order valence-electron chi connectivity index (χ1n) is 6.88. The first kappa shape index (κ1) is 12.2. The number of rotatable bonds is 5. The molecule has 4 nitrogen and oxygen atoms in total. The molecule has 0 radical (unpaired) electrons. The lowest BCUT2D eigenvalue weighted by Crippen LogP contribution is -2.00. The minimum Gasteiger partial charge on any atom is -0.490 e. The second-order valence-electron chi connectivity index (χ2n) is 4.73. The van der Waals surface area contributed by atoms with Crippen molar-refractivity contribution >= 4 is 10.9 Å². The maximum atomic E-state index is 5.63. The molecule has 0 atom stereocenters. The highest BCUT2D eigenvalue weighted by molar-refractivity contribution is 5.82. The van der Waals surface area contributed by atoms with Crippen LogP contribution < -0.4 is 9.47 Å². The molecule has 0 spiro atoms. The van der Waals surface area contributed by atoms with Crippen molar-refractivity contribution in [1.29, 1.82) is 0 Å². The highest BCUT2D eigenvalue weighted by Gasteiger charge is 2.26. The van der Waals surface area contributed by atoms with Crippen molar-refractivity contribution in [1.82, 2.24) is 9.97 Å². The topological polar surface area (TPSA) is 44.2 Å². The summed E-state index contributed by atoms with van der Waals surface area (Å²) in [6.07, 6.45) is 4.30. The maximum Gasteiger partial charge on any atom is 0.163 e. The van der Waals surface area contributed by atoms with Crippen LogP contribution >= 0.6 is 0 Å². The maximum absolute atomic E-state index is 5.63. The van der Waals surface area contributed by atoms with Gasteiger partial charge in [0, 0.05) is 23.6 Å². The number of hydrogen-bond donors (Lipinski definition) is 0. The number of hydrogen-bond acceptors (Lipinski definition) is 4. The number of fused-ring (bicyclic) bond motifs is 1. The van der Waals surface area contributed by atoms with Gasteiger partial charge in [-0.05, 0) is 32.8 Å². The van der Waals surface area contributed by atoms with Crippen LogP contribution in [0.5, 0.6) is 11.5 Å². The summed E-state index contributed by atoms with van der Waals surface area (Å²) < 4.78 is 11.2. The summed E-state index contributed by atoms with van der Waals surface area (Å²) >= 11 is 0. The molecule has 1 aromatic carbocycles. The predicted octanol–water partition coefficient (Wildman–Crippen LogP) is 3.30. The van der Waals surface area contributed by atoms with Crippen molar-refractivity contribution in [3.05, 3.63) is 24.2 Å². The van der Waals surface area contributed by atoms with E-state index in [1.165, 1.54) is 12.8 Å². The van der Waals surface area contributed by atoms with Crippen molar-refractivity contribution in [2.45, 2.75) is 32.6 Å². The fourth-order valence-corrected chi connectivity index (χ4v) is 2.13. The smallest absolute Gasteiger partial charge is 0.163 e. The molecule has 1 heterocycles. The average molecular weight is 258 g/mol. The van der Waals surface area contributed by atoms with Crippen molar-refractivity contribution in [2.24, 2.45) is 0 Å². The summed E-state index contributed by atoms with van der Waals surface area (Å²) in [5, 5.41) is 0.997. The Morgan fingerprint density at radius 3 is 2.42 bits per heavy atom. The number of aromatic nitrogens is 2. The molecule has 0 amide bonds. The minimum absolute atomic E-state index is 0.562. The fourth-order valence-electron chi connectivity index (χ4n) is 2.13. The number of nitrogens with zero attached hydrogens (tertiary/aromatic N) is 2. The van der Waals surface area contributed by atoms with E-state index in [0.29, 0.717) is 19.1 Å². The summed E-state index contributed by atoms with van der Waals surface area (Å²) in [7, 11) is 0. The van der Waals surface area contributed by atoms with Crippen molar-refractivity contribution in [3.63, 3.8) is 0 Å². The minimum atomic E-state index is 0.562. The van der Waals surface area contributed by atoms with E-state index in [1.807, 2.05) is 32.2 Å². The zero-order valence-electron chi connectivity index (χ0n) is 11.3. The highest BCUT2D eigenvalue weighted by atomic mass is 16.5. The van der Waals surface area contributed by atoms with Gasteiger partial charge in [0.05, 0.1) is 18.7 Å². The van der Waals surface area contributed by atoms with Crippen LogP contribution in [0, 0.1) is 0 Å². The van der Waals surface area contributed by atoms with Crippen LogP contribution in [0.1, 0.15) is 38.4 Å². The quantitative estimate of drug-likeness (QED) is 0.825. The van der Waals surface area contributed by atoms with Crippen LogP contribution in [0.2, 0.25) is 0 Å². The van der Waals surface area contributed by atoms with Crippen LogP contribution in [0.15, 0.2) is 18.3 Å².